The van der Waals surface area contributed by atoms with E-state index in [4.69, 9.17) is 19.5 Å². The van der Waals surface area contributed by atoms with Gasteiger partial charge in [-0.25, -0.2) is 4.99 Å². The van der Waals surface area contributed by atoms with Gasteiger partial charge < -0.3 is 14.8 Å². The zero-order valence-corrected chi connectivity index (χ0v) is 18.3. The van der Waals surface area contributed by atoms with Gasteiger partial charge in [0.15, 0.2) is 11.5 Å². The van der Waals surface area contributed by atoms with Crippen molar-refractivity contribution in [3.8, 4) is 11.5 Å². The predicted molar refractivity (Wildman–Crippen MR) is 127 cm³/mol. The minimum atomic E-state index is -0.345. The third-order valence-corrected chi connectivity index (χ3v) is 5.33. The number of para-hydroxylation sites is 2. The summed E-state index contributed by atoms with van der Waals surface area (Å²) < 4.78 is 10.9. The van der Waals surface area contributed by atoms with Gasteiger partial charge in [-0.15, -0.1) is 0 Å². The molecule has 1 heterocycles. The van der Waals surface area contributed by atoms with E-state index in [0.717, 1.165) is 22.5 Å². The van der Waals surface area contributed by atoms with Crippen molar-refractivity contribution in [3.05, 3.63) is 83.9 Å². The molecule has 0 bridgehead atoms. The van der Waals surface area contributed by atoms with Gasteiger partial charge >= 0.3 is 0 Å². The number of hydrogen-bond acceptors (Lipinski definition) is 5. The van der Waals surface area contributed by atoms with E-state index in [2.05, 4.69) is 5.32 Å². The minimum absolute atomic E-state index is 0.132. The number of amides is 1. The number of amidine groups is 1. The van der Waals surface area contributed by atoms with Crippen molar-refractivity contribution in [2.24, 2.45) is 9.98 Å². The molecule has 0 fully saturated rings. The molecule has 32 heavy (non-hydrogen) atoms. The average Bonchev–Trinajstić information content (AvgIpc) is 2.94. The topological polar surface area (TPSA) is 72.3 Å². The Balaban J connectivity index is 1.75. The first-order chi connectivity index (χ1) is 15.6. The Bertz CT molecular complexity index is 1190. The van der Waals surface area contributed by atoms with E-state index < -0.39 is 0 Å². The van der Waals surface area contributed by atoms with Crippen LogP contribution in [0.25, 0.3) is 0 Å². The second-order valence-corrected chi connectivity index (χ2v) is 7.50. The van der Waals surface area contributed by atoms with Crippen LogP contribution < -0.4 is 14.8 Å². The molecule has 3 aromatic rings. The molecule has 0 saturated heterocycles. The number of aliphatic imine (C=N–C) groups is 2. The first kappa shape index (κ1) is 21.3. The summed E-state index contributed by atoms with van der Waals surface area (Å²) in [5.41, 5.74) is 4.14. The quantitative estimate of drug-likeness (QED) is 0.624. The summed E-state index contributed by atoms with van der Waals surface area (Å²) in [6.45, 7) is 1.95. The number of nitrogens with zero attached hydrogens (tertiary/aromatic N) is 2. The number of hydrogen-bond donors (Lipinski definition) is 1. The van der Waals surface area contributed by atoms with Gasteiger partial charge in [0.1, 0.15) is 5.84 Å². The van der Waals surface area contributed by atoms with E-state index in [0.29, 0.717) is 23.0 Å². The summed E-state index contributed by atoms with van der Waals surface area (Å²) >= 11 is 0. The molecule has 1 amide bonds. The van der Waals surface area contributed by atoms with Crippen molar-refractivity contribution < 1.29 is 14.3 Å². The highest BCUT2D eigenvalue weighted by Gasteiger charge is 2.27. The van der Waals surface area contributed by atoms with Crippen LogP contribution in [-0.4, -0.2) is 31.7 Å². The lowest BCUT2D eigenvalue weighted by Crippen LogP contribution is -2.38. The molecule has 0 spiro atoms. The summed E-state index contributed by atoms with van der Waals surface area (Å²) in [6.07, 6.45) is 0.260. The second kappa shape index (κ2) is 9.47. The van der Waals surface area contributed by atoms with Crippen molar-refractivity contribution >= 4 is 28.8 Å². The first-order valence-electron chi connectivity index (χ1n) is 10.4. The molecule has 1 atom stereocenters. The van der Waals surface area contributed by atoms with Crippen LogP contribution in [0.1, 0.15) is 24.0 Å². The molecular weight excluding hydrogens is 402 g/mol. The zero-order valence-electron chi connectivity index (χ0n) is 18.3. The van der Waals surface area contributed by atoms with E-state index in [-0.39, 0.29) is 18.2 Å². The van der Waals surface area contributed by atoms with Gasteiger partial charge in [-0.1, -0.05) is 48.5 Å². The lowest BCUT2D eigenvalue weighted by atomic mass is 9.92. The standard InChI is InChI=1S/C26H25N3O3/c1-17-25(19-13-14-22(31-2)23(16-19)32-3)26(28-21-12-8-7-11-20(21)27-17)29-24(30)15-18-9-5-4-6-10-18/h4-14,16,25H,15H2,1-3H3,(H,28,29,30). The average molecular weight is 428 g/mol. The van der Waals surface area contributed by atoms with Gasteiger partial charge in [0.05, 0.1) is 37.9 Å². The molecule has 1 aliphatic rings. The summed E-state index contributed by atoms with van der Waals surface area (Å²) in [5.74, 6) is 1.29. The van der Waals surface area contributed by atoms with Crippen molar-refractivity contribution in [2.45, 2.75) is 19.3 Å². The molecular formula is C26H25N3O3. The molecule has 0 saturated carbocycles. The molecule has 0 aromatic heterocycles. The summed E-state index contributed by atoms with van der Waals surface area (Å²) in [6, 6.07) is 23.0. The van der Waals surface area contributed by atoms with E-state index in [1.54, 1.807) is 14.2 Å². The first-order valence-corrected chi connectivity index (χ1v) is 10.4. The van der Waals surface area contributed by atoms with Gasteiger partial charge in [0.2, 0.25) is 5.91 Å². The van der Waals surface area contributed by atoms with Gasteiger partial charge in [-0.05, 0) is 42.3 Å². The van der Waals surface area contributed by atoms with Crippen LogP contribution >= 0.6 is 0 Å². The smallest absolute Gasteiger partial charge is 0.229 e. The Labute approximate surface area is 187 Å². The molecule has 6 heteroatoms. The van der Waals surface area contributed by atoms with Crippen molar-refractivity contribution in [1.29, 1.82) is 0 Å². The van der Waals surface area contributed by atoms with Gasteiger partial charge in [-0.2, -0.15) is 0 Å². The Kier molecular flexibility index (Phi) is 6.31. The summed E-state index contributed by atoms with van der Waals surface area (Å²) in [5, 5.41) is 3.05. The van der Waals surface area contributed by atoms with Crippen LogP contribution in [0.2, 0.25) is 0 Å². The number of benzene rings is 3. The maximum atomic E-state index is 12.9. The molecule has 4 rings (SSSR count). The summed E-state index contributed by atoms with van der Waals surface area (Å²) in [7, 11) is 3.20. The Morgan fingerprint density at radius 1 is 0.875 bits per heavy atom. The molecule has 1 unspecified atom stereocenters. The number of rotatable bonds is 5. The van der Waals surface area contributed by atoms with Gasteiger partial charge in [-0.3, -0.25) is 9.79 Å². The second-order valence-electron chi connectivity index (χ2n) is 7.50. The monoisotopic (exact) mass is 427 g/mol. The molecule has 0 aliphatic carbocycles. The largest absolute Gasteiger partial charge is 0.493 e. The Morgan fingerprint density at radius 3 is 2.22 bits per heavy atom. The van der Waals surface area contributed by atoms with Crippen molar-refractivity contribution in [3.63, 3.8) is 0 Å². The number of carbonyl (C=O) groups excluding carboxylic acids is 1. The molecule has 0 radical (unpaired) electrons. The maximum Gasteiger partial charge on any atom is 0.229 e. The third kappa shape index (κ3) is 4.54. The Hall–Kier alpha value is -3.93. The minimum Gasteiger partial charge on any atom is -0.493 e. The van der Waals surface area contributed by atoms with Crippen LogP contribution in [-0.2, 0) is 11.2 Å². The van der Waals surface area contributed by atoms with Crippen LogP contribution in [0.15, 0.2) is 82.8 Å². The number of nitrogens with one attached hydrogen (secondary N) is 1. The fraction of sp³-hybridized carbons (Fsp3) is 0.192. The number of ether oxygens (including phenoxy) is 2. The molecule has 6 nitrogen and oxygen atoms in total. The van der Waals surface area contributed by atoms with Crippen LogP contribution in [0.5, 0.6) is 11.5 Å². The van der Waals surface area contributed by atoms with Crippen LogP contribution in [0, 0.1) is 0 Å². The fourth-order valence-corrected chi connectivity index (χ4v) is 3.80. The zero-order chi connectivity index (χ0) is 22.5. The van der Waals surface area contributed by atoms with Crippen molar-refractivity contribution in [1.82, 2.24) is 5.32 Å². The van der Waals surface area contributed by atoms with Crippen LogP contribution in [0.4, 0.5) is 11.4 Å². The molecule has 3 aromatic carbocycles. The van der Waals surface area contributed by atoms with E-state index in [9.17, 15) is 4.79 Å². The Morgan fingerprint density at radius 2 is 1.53 bits per heavy atom. The molecule has 1 aliphatic heterocycles. The number of methoxy groups -OCH3 is 2. The highest BCUT2D eigenvalue weighted by Crippen LogP contribution is 2.36. The normalized spacial score (nSPS) is 15.0. The summed E-state index contributed by atoms with van der Waals surface area (Å²) in [4.78, 5) is 22.6. The van der Waals surface area contributed by atoms with E-state index in [1.807, 2.05) is 79.7 Å². The number of carbonyl (C=O) groups is 1. The molecule has 1 N–H and O–H groups in total. The third-order valence-electron chi connectivity index (χ3n) is 5.33. The maximum absolute atomic E-state index is 12.9. The fourth-order valence-electron chi connectivity index (χ4n) is 3.80. The lowest BCUT2D eigenvalue weighted by Gasteiger charge is -2.20. The number of fused-ring (bicyclic) bond motifs is 1. The van der Waals surface area contributed by atoms with Gasteiger partial charge in [0, 0.05) is 5.71 Å². The predicted octanol–water partition coefficient (Wildman–Crippen LogP) is 4.98. The highest BCUT2D eigenvalue weighted by atomic mass is 16.5. The lowest BCUT2D eigenvalue weighted by molar-refractivity contribution is -0.119. The van der Waals surface area contributed by atoms with Gasteiger partial charge in [0.25, 0.3) is 0 Å². The highest BCUT2D eigenvalue weighted by molar-refractivity contribution is 6.17. The van der Waals surface area contributed by atoms with Crippen LogP contribution in [0.3, 0.4) is 0 Å². The molecule has 162 valence electrons. The SMILES string of the molecule is COc1ccc(C2C(C)=Nc3ccccc3N=C2NC(=O)Cc2ccccc2)cc1OC. The van der Waals surface area contributed by atoms with E-state index >= 15 is 0 Å². The van der Waals surface area contributed by atoms with Crippen molar-refractivity contribution in [2.75, 3.05) is 14.2 Å². The van der Waals surface area contributed by atoms with E-state index in [1.165, 1.54) is 0 Å².